The summed E-state index contributed by atoms with van der Waals surface area (Å²) in [6.07, 6.45) is 3.26. The molecule has 0 unspecified atom stereocenters. The topological polar surface area (TPSA) is 92.7 Å². The monoisotopic (exact) mass is 578 g/mol. The predicted octanol–water partition coefficient (Wildman–Crippen LogP) is 6.95. The first kappa shape index (κ1) is 28.7. The number of ether oxygens (including phenoxy) is 1. The number of nitrogens with one attached hydrogen (secondary N) is 2. The molecule has 1 saturated heterocycles. The number of hydrogen-bond acceptors (Lipinski definition) is 5. The Morgan fingerprint density at radius 3 is 2.35 bits per heavy atom. The second-order valence-corrected chi connectivity index (χ2v) is 12.5. The lowest BCUT2D eigenvalue weighted by Gasteiger charge is -2.26. The van der Waals surface area contributed by atoms with E-state index in [-0.39, 0.29) is 11.8 Å². The molecule has 222 valence electrons. The highest BCUT2D eigenvalue weighted by molar-refractivity contribution is 6.08. The first-order chi connectivity index (χ1) is 20.6. The third-order valence-corrected chi connectivity index (χ3v) is 8.05. The van der Waals surface area contributed by atoms with E-state index >= 15 is 0 Å². The summed E-state index contributed by atoms with van der Waals surface area (Å²) in [4.78, 5) is 41.0. The molecule has 0 atom stereocenters. The van der Waals surface area contributed by atoms with Crippen molar-refractivity contribution in [2.24, 2.45) is 0 Å². The highest BCUT2D eigenvalue weighted by Gasteiger charge is 2.30. The molecule has 0 bridgehead atoms. The van der Waals surface area contributed by atoms with Crippen LogP contribution in [-0.4, -0.2) is 46.1 Å². The highest BCUT2D eigenvalue weighted by atomic mass is 16.6. The lowest BCUT2D eigenvalue weighted by molar-refractivity contribution is -0.114. The van der Waals surface area contributed by atoms with Gasteiger partial charge in [0.1, 0.15) is 5.60 Å². The Kier molecular flexibility index (Phi) is 7.56. The smallest absolute Gasteiger partial charge is 0.419 e. The maximum Gasteiger partial charge on any atom is 0.419 e. The van der Waals surface area contributed by atoms with Crippen molar-refractivity contribution in [1.29, 1.82) is 0 Å². The molecule has 2 amide bonds. The number of benzene rings is 3. The standard InChI is InChI=1S/C35H38N4O4/c1-22(40)37-26-11-9-24(10-12-26)27-13-14-28(32-29(27)20-36-33(32)41)31-19-25-18-23(21-38-16-6-5-7-17-38)8-15-30(25)39(31)34(42)43-35(2,3)4/h8-15,18-19H,5-7,16-17,20-21H2,1-4H3,(H,36,41)(H,37,40). The summed E-state index contributed by atoms with van der Waals surface area (Å²) >= 11 is 0. The quantitative estimate of drug-likeness (QED) is 0.268. The summed E-state index contributed by atoms with van der Waals surface area (Å²) in [6.45, 7) is 10.5. The van der Waals surface area contributed by atoms with Gasteiger partial charge in [0.25, 0.3) is 5.91 Å². The van der Waals surface area contributed by atoms with E-state index in [0.717, 1.165) is 47.2 Å². The molecule has 0 saturated carbocycles. The average molecular weight is 579 g/mol. The van der Waals surface area contributed by atoms with Crippen LogP contribution in [0.15, 0.2) is 60.7 Å². The van der Waals surface area contributed by atoms with E-state index in [1.54, 1.807) is 4.57 Å². The maximum absolute atomic E-state index is 13.7. The molecule has 0 aliphatic carbocycles. The normalized spacial score (nSPS) is 15.3. The number of piperidine rings is 1. The number of fused-ring (bicyclic) bond motifs is 2. The van der Waals surface area contributed by atoms with E-state index in [4.69, 9.17) is 4.74 Å². The van der Waals surface area contributed by atoms with Gasteiger partial charge >= 0.3 is 6.09 Å². The molecule has 1 fully saturated rings. The zero-order valence-electron chi connectivity index (χ0n) is 25.3. The van der Waals surface area contributed by atoms with Crippen LogP contribution in [0.5, 0.6) is 0 Å². The fourth-order valence-corrected chi connectivity index (χ4v) is 6.21. The average Bonchev–Trinajstić information content (AvgIpc) is 3.53. The van der Waals surface area contributed by atoms with Gasteiger partial charge in [-0.3, -0.25) is 14.5 Å². The molecule has 43 heavy (non-hydrogen) atoms. The van der Waals surface area contributed by atoms with Gasteiger partial charge in [0.2, 0.25) is 5.91 Å². The molecule has 3 aromatic carbocycles. The van der Waals surface area contributed by atoms with Crippen molar-refractivity contribution in [2.75, 3.05) is 18.4 Å². The van der Waals surface area contributed by atoms with Crippen LogP contribution < -0.4 is 10.6 Å². The zero-order valence-corrected chi connectivity index (χ0v) is 25.3. The second-order valence-electron chi connectivity index (χ2n) is 12.5. The van der Waals surface area contributed by atoms with Crippen LogP contribution >= 0.6 is 0 Å². The molecule has 8 heteroatoms. The summed E-state index contributed by atoms with van der Waals surface area (Å²) < 4.78 is 7.47. The van der Waals surface area contributed by atoms with Crippen molar-refractivity contribution in [2.45, 2.75) is 65.6 Å². The van der Waals surface area contributed by atoms with Gasteiger partial charge in [0.05, 0.1) is 16.8 Å². The number of carbonyl (C=O) groups excluding carboxylic acids is 3. The second kappa shape index (κ2) is 11.3. The molecule has 3 heterocycles. The third kappa shape index (κ3) is 5.92. The van der Waals surface area contributed by atoms with Gasteiger partial charge in [-0.05, 0) is 99.3 Å². The molecule has 8 nitrogen and oxygen atoms in total. The van der Waals surface area contributed by atoms with E-state index in [2.05, 4.69) is 27.7 Å². The highest BCUT2D eigenvalue weighted by Crippen LogP contribution is 2.39. The van der Waals surface area contributed by atoms with E-state index in [9.17, 15) is 14.4 Å². The van der Waals surface area contributed by atoms with Gasteiger partial charge in [-0.1, -0.05) is 36.8 Å². The molecule has 6 rings (SSSR count). The molecule has 0 spiro atoms. The van der Waals surface area contributed by atoms with Crippen molar-refractivity contribution >= 4 is 34.5 Å². The molecular weight excluding hydrogens is 540 g/mol. The molecule has 1 aromatic heterocycles. The van der Waals surface area contributed by atoms with Crippen molar-refractivity contribution in [3.63, 3.8) is 0 Å². The van der Waals surface area contributed by atoms with E-state index in [1.165, 1.54) is 31.7 Å². The van der Waals surface area contributed by atoms with Crippen LogP contribution in [0.3, 0.4) is 0 Å². The molecule has 4 aromatic rings. The van der Waals surface area contributed by atoms with E-state index in [0.29, 0.717) is 29.1 Å². The number of likely N-dealkylation sites (tertiary alicyclic amines) is 1. The van der Waals surface area contributed by atoms with E-state index < -0.39 is 11.7 Å². The minimum absolute atomic E-state index is 0.133. The van der Waals surface area contributed by atoms with Crippen LogP contribution in [0.4, 0.5) is 10.5 Å². The van der Waals surface area contributed by atoms with Crippen molar-refractivity contribution in [3.8, 4) is 22.4 Å². The number of anilines is 1. The molecule has 2 aliphatic heterocycles. The predicted molar refractivity (Wildman–Crippen MR) is 169 cm³/mol. The SMILES string of the molecule is CC(=O)Nc1ccc(-c2ccc(-c3cc4cc(CN5CCCCC5)ccc4n3C(=O)OC(C)(C)C)c3c2CNC3=O)cc1. The Hall–Kier alpha value is -4.43. The minimum Gasteiger partial charge on any atom is -0.443 e. The summed E-state index contributed by atoms with van der Waals surface area (Å²) in [5.74, 6) is -0.305. The Labute approximate surface area is 252 Å². The van der Waals surface area contributed by atoms with Gasteiger partial charge in [-0.15, -0.1) is 0 Å². The molecule has 2 aliphatic rings. The van der Waals surface area contributed by atoms with Gasteiger partial charge < -0.3 is 15.4 Å². The first-order valence-corrected chi connectivity index (χ1v) is 15.0. The van der Waals surface area contributed by atoms with Crippen LogP contribution in [0.25, 0.3) is 33.3 Å². The van der Waals surface area contributed by atoms with E-state index in [1.807, 2.05) is 69.3 Å². The number of aromatic nitrogens is 1. The van der Waals surface area contributed by atoms with Gasteiger partial charge in [-0.25, -0.2) is 9.36 Å². The first-order valence-electron chi connectivity index (χ1n) is 15.0. The van der Waals surface area contributed by atoms with Gasteiger partial charge in [0, 0.05) is 36.7 Å². The number of hydrogen-bond donors (Lipinski definition) is 2. The van der Waals surface area contributed by atoms with Crippen molar-refractivity contribution in [3.05, 3.63) is 77.4 Å². The van der Waals surface area contributed by atoms with Crippen LogP contribution in [0.1, 0.15) is 68.4 Å². The summed E-state index contributed by atoms with van der Waals surface area (Å²) in [5.41, 5.74) is 6.57. The van der Waals surface area contributed by atoms with Crippen molar-refractivity contribution in [1.82, 2.24) is 14.8 Å². The zero-order chi connectivity index (χ0) is 30.3. The summed E-state index contributed by atoms with van der Waals surface area (Å²) in [7, 11) is 0. The van der Waals surface area contributed by atoms with Crippen LogP contribution in [0.2, 0.25) is 0 Å². The van der Waals surface area contributed by atoms with Crippen LogP contribution in [-0.2, 0) is 22.6 Å². The lowest BCUT2D eigenvalue weighted by Crippen LogP contribution is -2.29. The Morgan fingerprint density at radius 1 is 0.930 bits per heavy atom. The number of amides is 2. The van der Waals surface area contributed by atoms with Crippen LogP contribution in [0, 0.1) is 0 Å². The summed E-state index contributed by atoms with van der Waals surface area (Å²) in [5, 5.41) is 6.71. The van der Waals surface area contributed by atoms with Gasteiger partial charge in [-0.2, -0.15) is 0 Å². The maximum atomic E-state index is 13.7. The summed E-state index contributed by atoms with van der Waals surface area (Å²) in [6, 6.07) is 19.7. The van der Waals surface area contributed by atoms with Crippen molar-refractivity contribution < 1.29 is 19.1 Å². The Bertz CT molecular complexity index is 1720. The number of nitrogens with zero attached hydrogens (tertiary/aromatic N) is 2. The number of rotatable bonds is 5. The lowest BCUT2D eigenvalue weighted by atomic mass is 9.92. The minimum atomic E-state index is -0.689. The Balaban J connectivity index is 1.46. The van der Waals surface area contributed by atoms with Gasteiger partial charge in [0.15, 0.2) is 0 Å². The third-order valence-electron chi connectivity index (χ3n) is 8.05. The molecule has 2 N–H and O–H groups in total. The fraction of sp³-hybridized carbons (Fsp3) is 0.343. The number of carbonyl (C=O) groups is 3. The molecule has 0 radical (unpaired) electrons. The molecular formula is C35H38N4O4. The Morgan fingerprint density at radius 2 is 1.65 bits per heavy atom. The largest absolute Gasteiger partial charge is 0.443 e. The fourth-order valence-electron chi connectivity index (χ4n) is 6.21.